The van der Waals surface area contributed by atoms with Crippen LogP contribution in [0.1, 0.15) is 23.1 Å². The summed E-state index contributed by atoms with van der Waals surface area (Å²) in [5, 5.41) is 0. The smallest absolute Gasteiger partial charge is 0.363 e. The molecule has 1 heterocycles. The first-order valence-electron chi connectivity index (χ1n) is 7.88. The summed E-state index contributed by atoms with van der Waals surface area (Å²) in [5.74, 6) is 0.769. The van der Waals surface area contributed by atoms with Gasteiger partial charge in [-0.3, -0.25) is 0 Å². The van der Waals surface area contributed by atoms with Crippen molar-refractivity contribution in [3.8, 4) is 5.75 Å². The van der Waals surface area contributed by atoms with E-state index in [2.05, 4.69) is 11.1 Å². The Morgan fingerprint density at radius 3 is 2.67 bits per heavy atom. The Morgan fingerprint density at radius 1 is 1.12 bits per heavy atom. The second kappa shape index (κ2) is 7.13. The molecule has 2 aromatic carbocycles. The van der Waals surface area contributed by atoms with E-state index in [1.165, 1.54) is 5.56 Å². The van der Waals surface area contributed by atoms with Gasteiger partial charge in [0.1, 0.15) is 5.75 Å². The number of aryl methyl sites for hydroxylation is 2. The number of hydrogen-bond acceptors (Lipinski definition) is 4. The highest BCUT2D eigenvalue weighted by molar-refractivity contribution is 6.07. The van der Waals surface area contributed by atoms with Crippen LogP contribution in [-0.4, -0.2) is 18.5 Å². The van der Waals surface area contributed by atoms with E-state index in [0.717, 1.165) is 16.9 Å². The summed E-state index contributed by atoms with van der Waals surface area (Å²) < 4.78 is 10.8. The van der Waals surface area contributed by atoms with Crippen molar-refractivity contribution in [3.05, 3.63) is 70.9 Å². The Kier molecular flexibility index (Phi) is 4.75. The maximum atomic E-state index is 12.0. The summed E-state index contributed by atoms with van der Waals surface area (Å²) in [6, 6.07) is 15.6. The highest BCUT2D eigenvalue weighted by Crippen LogP contribution is 2.20. The first kappa shape index (κ1) is 16.0. The lowest BCUT2D eigenvalue weighted by atomic mass is 10.0. The molecule has 24 heavy (non-hydrogen) atoms. The van der Waals surface area contributed by atoms with Gasteiger partial charge in [0.25, 0.3) is 0 Å². The molecule has 0 spiro atoms. The summed E-state index contributed by atoms with van der Waals surface area (Å²) in [5.41, 5.74) is 3.59. The zero-order valence-corrected chi connectivity index (χ0v) is 13.8. The normalized spacial score (nSPS) is 15.3. The molecule has 3 rings (SSSR count). The number of cyclic esters (lactones) is 1. The Hall–Kier alpha value is -2.88. The average Bonchev–Trinajstić information content (AvgIpc) is 2.91. The number of carbonyl (C=O) groups is 1. The minimum atomic E-state index is -0.412. The lowest BCUT2D eigenvalue weighted by molar-refractivity contribution is -0.130. The lowest BCUT2D eigenvalue weighted by Gasteiger charge is -2.04. The number of esters is 1. The summed E-state index contributed by atoms with van der Waals surface area (Å²) in [6.45, 7) is 4.46. The van der Waals surface area contributed by atoms with Crippen molar-refractivity contribution in [1.82, 2.24) is 0 Å². The number of hydrogen-bond donors (Lipinski definition) is 0. The first-order chi connectivity index (χ1) is 11.6. The van der Waals surface area contributed by atoms with Gasteiger partial charge >= 0.3 is 5.97 Å². The van der Waals surface area contributed by atoms with Crippen LogP contribution in [0.5, 0.6) is 5.75 Å². The van der Waals surface area contributed by atoms with Crippen LogP contribution in [0, 0.1) is 13.8 Å². The van der Waals surface area contributed by atoms with Gasteiger partial charge in [-0.2, -0.15) is 0 Å². The topological polar surface area (TPSA) is 47.9 Å². The van der Waals surface area contributed by atoms with Crippen LogP contribution >= 0.6 is 0 Å². The molecule has 122 valence electrons. The van der Waals surface area contributed by atoms with Crippen molar-refractivity contribution in [2.24, 2.45) is 4.99 Å². The van der Waals surface area contributed by atoms with Crippen LogP contribution in [0.4, 0.5) is 0 Å². The van der Waals surface area contributed by atoms with Gasteiger partial charge in [-0.15, -0.1) is 0 Å². The van der Waals surface area contributed by atoms with Crippen LogP contribution in [0.2, 0.25) is 0 Å². The van der Waals surface area contributed by atoms with Crippen molar-refractivity contribution in [1.29, 1.82) is 0 Å². The minimum Gasteiger partial charge on any atom is -0.493 e. The van der Waals surface area contributed by atoms with Gasteiger partial charge < -0.3 is 9.47 Å². The predicted molar refractivity (Wildman–Crippen MR) is 94.0 cm³/mol. The number of benzene rings is 2. The fourth-order valence-electron chi connectivity index (χ4n) is 2.47. The first-order valence-corrected chi connectivity index (χ1v) is 7.88. The summed E-state index contributed by atoms with van der Waals surface area (Å²) in [4.78, 5) is 16.2. The van der Waals surface area contributed by atoms with E-state index in [1.807, 2.05) is 56.3 Å². The molecule has 4 heteroatoms. The Balaban J connectivity index is 1.65. The third-order valence-electron chi connectivity index (χ3n) is 3.71. The highest BCUT2D eigenvalue weighted by atomic mass is 16.6. The molecular formula is C20H19NO3. The molecule has 4 nitrogen and oxygen atoms in total. The fourth-order valence-corrected chi connectivity index (χ4v) is 2.47. The van der Waals surface area contributed by atoms with Gasteiger partial charge in [-0.05, 0) is 43.2 Å². The summed E-state index contributed by atoms with van der Waals surface area (Å²) >= 11 is 0. The lowest BCUT2D eigenvalue weighted by Crippen LogP contribution is -2.08. The fraction of sp³-hybridized carbons (Fsp3) is 0.200. The van der Waals surface area contributed by atoms with Gasteiger partial charge in [-0.25, -0.2) is 9.79 Å². The van der Waals surface area contributed by atoms with Gasteiger partial charge in [0, 0.05) is 0 Å². The molecule has 0 bridgehead atoms. The molecular weight excluding hydrogens is 302 g/mol. The molecule has 0 saturated carbocycles. The largest absolute Gasteiger partial charge is 0.493 e. The zero-order chi connectivity index (χ0) is 16.9. The van der Waals surface area contributed by atoms with E-state index in [1.54, 1.807) is 6.08 Å². The van der Waals surface area contributed by atoms with Crippen molar-refractivity contribution < 1.29 is 14.3 Å². The van der Waals surface area contributed by atoms with E-state index < -0.39 is 5.97 Å². The molecule has 1 aliphatic heterocycles. The number of aliphatic imine (C=N–C) groups is 1. The number of ether oxygens (including phenoxy) is 2. The van der Waals surface area contributed by atoms with Crippen molar-refractivity contribution in [2.75, 3.05) is 6.61 Å². The third kappa shape index (κ3) is 3.90. The Morgan fingerprint density at radius 2 is 1.92 bits per heavy atom. The maximum Gasteiger partial charge on any atom is 0.363 e. The Bertz CT molecular complexity index is 807. The Labute approximate surface area is 141 Å². The van der Waals surface area contributed by atoms with Gasteiger partial charge in [0.2, 0.25) is 5.90 Å². The molecule has 0 amide bonds. The van der Waals surface area contributed by atoms with Crippen LogP contribution in [0.15, 0.2) is 59.2 Å². The molecule has 0 N–H and O–H groups in total. The van der Waals surface area contributed by atoms with E-state index in [-0.39, 0.29) is 0 Å². The maximum absolute atomic E-state index is 12.0. The molecule has 0 unspecified atom stereocenters. The van der Waals surface area contributed by atoms with Gasteiger partial charge in [-0.1, -0.05) is 42.0 Å². The summed E-state index contributed by atoms with van der Waals surface area (Å²) in [6.07, 6.45) is 2.22. The zero-order valence-electron chi connectivity index (χ0n) is 13.8. The van der Waals surface area contributed by atoms with Gasteiger partial charge in [0.05, 0.1) is 13.0 Å². The van der Waals surface area contributed by atoms with Crippen molar-refractivity contribution in [3.63, 3.8) is 0 Å². The van der Waals surface area contributed by atoms with E-state index in [4.69, 9.17) is 9.47 Å². The van der Waals surface area contributed by atoms with Gasteiger partial charge in [0.15, 0.2) is 5.70 Å². The van der Waals surface area contributed by atoms with Crippen molar-refractivity contribution in [2.45, 2.75) is 20.3 Å². The molecule has 0 radical (unpaired) electrons. The minimum absolute atomic E-state index is 0.330. The number of para-hydroxylation sites is 1. The molecule has 0 fully saturated rings. The standard InChI is InChI=1S/C20H19NO3/c1-14-8-9-16(15(2)12-14)13-18-20(22)24-19(21-18)10-11-23-17-6-4-3-5-7-17/h3-9,12-13H,10-11H2,1-2H3/b18-13-. The molecule has 0 aromatic heterocycles. The highest BCUT2D eigenvalue weighted by Gasteiger charge is 2.22. The van der Waals surface area contributed by atoms with E-state index >= 15 is 0 Å². The van der Waals surface area contributed by atoms with Crippen LogP contribution < -0.4 is 4.74 Å². The second-order valence-electron chi connectivity index (χ2n) is 5.70. The van der Waals surface area contributed by atoms with Crippen molar-refractivity contribution >= 4 is 17.9 Å². The average molecular weight is 321 g/mol. The molecule has 0 atom stereocenters. The quantitative estimate of drug-likeness (QED) is 0.616. The molecule has 0 saturated heterocycles. The number of rotatable bonds is 5. The number of nitrogens with zero attached hydrogens (tertiary/aromatic N) is 1. The molecule has 2 aromatic rings. The molecule has 0 aliphatic carbocycles. The van der Waals surface area contributed by atoms with Crippen LogP contribution in [0.3, 0.4) is 0 Å². The SMILES string of the molecule is Cc1ccc(/C=C2\N=C(CCOc3ccccc3)OC2=O)c(C)c1. The third-order valence-corrected chi connectivity index (χ3v) is 3.71. The monoisotopic (exact) mass is 321 g/mol. The second-order valence-corrected chi connectivity index (χ2v) is 5.70. The molecule has 1 aliphatic rings. The van der Waals surface area contributed by atoms with Crippen LogP contribution in [-0.2, 0) is 9.53 Å². The van der Waals surface area contributed by atoms with E-state index in [9.17, 15) is 4.79 Å². The number of carbonyl (C=O) groups excluding carboxylic acids is 1. The summed E-state index contributed by atoms with van der Waals surface area (Å²) in [7, 11) is 0. The predicted octanol–water partition coefficient (Wildman–Crippen LogP) is 4.07. The van der Waals surface area contributed by atoms with Crippen LogP contribution in [0.25, 0.3) is 6.08 Å². The van der Waals surface area contributed by atoms with E-state index in [0.29, 0.717) is 24.6 Å².